The van der Waals surface area contributed by atoms with Crippen molar-refractivity contribution < 1.29 is 12.3 Å². The van der Waals surface area contributed by atoms with Gasteiger partial charge in [0.1, 0.15) is 0 Å². The second-order valence-corrected chi connectivity index (χ2v) is 28.8. The second-order valence-electron chi connectivity index (χ2n) is 15.5. The smallest absolute Gasteiger partial charge is 0.401 e. The molecule has 0 spiro atoms. The summed E-state index contributed by atoms with van der Waals surface area (Å²) in [6.45, 7) is 4.78. The fraction of sp³-hybridized carbons (Fsp3) is 0. The van der Waals surface area contributed by atoms with E-state index >= 15 is 0 Å². The van der Waals surface area contributed by atoms with Gasteiger partial charge in [-0.15, -0.1) is 6.58 Å². The molecule has 0 unspecified atom stereocenters. The average molecular weight is 881 g/mol. The summed E-state index contributed by atoms with van der Waals surface area (Å²) in [7, 11) is -15.2. The first-order valence-corrected chi connectivity index (χ1v) is 28.9. The standard InChI is InChI=1S/C56H48O3Si4/c1-2-60(57-61(48-30-12-3-13-31-48,49-32-14-4-15-33-49)50-34-16-5-17-35-50,58-62(51-36-18-6-19-37-51,52-38-20-7-21-39-52)53-40-22-8-23-41-53)59-63(54-42-24-9-25-43-54,55-44-26-10-27-45-55)56-46-28-11-29-47-56/h2-47H,1H2. The van der Waals surface area contributed by atoms with Crippen molar-refractivity contribution in [2.75, 3.05) is 0 Å². The third-order valence-electron chi connectivity index (χ3n) is 11.8. The summed E-state index contributed by atoms with van der Waals surface area (Å²) in [4.78, 5) is 0. The molecule has 0 fully saturated rings. The van der Waals surface area contributed by atoms with E-state index in [4.69, 9.17) is 18.9 Å². The van der Waals surface area contributed by atoms with Crippen molar-refractivity contribution in [3.63, 3.8) is 0 Å². The highest BCUT2D eigenvalue weighted by Crippen LogP contribution is 2.29. The lowest BCUT2D eigenvalue weighted by Crippen LogP contribution is -2.82. The van der Waals surface area contributed by atoms with E-state index in [0.717, 1.165) is 46.7 Å². The lowest BCUT2D eigenvalue weighted by molar-refractivity contribution is 0.285. The van der Waals surface area contributed by atoms with E-state index in [1.54, 1.807) is 0 Å². The van der Waals surface area contributed by atoms with E-state index in [2.05, 4.69) is 273 Å². The summed E-state index contributed by atoms with van der Waals surface area (Å²) in [6, 6.07) is 96.4. The Morgan fingerprint density at radius 2 is 0.349 bits per heavy atom. The van der Waals surface area contributed by atoms with Crippen LogP contribution in [0, 0.1) is 0 Å². The number of hydrogen-bond acceptors (Lipinski definition) is 3. The maximum atomic E-state index is 8.56. The van der Waals surface area contributed by atoms with Crippen molar-refractivity contribution in [3.8, 4) is 0 Å². The first kappa shape index (κ1) is 41.8. The van der Waals surface area contributed by atoms with Gasteiger partial charge < -0.3 is 12.3 Å². The number of benzene rings is 9. The molecule has 0 saturated carbocycles. The molecule has 7 heteroatoms. The molecule has 0 aliphatic heterocycles. The molecule has 0 aromatic heterocycles. The predicted octanol–water partition coefficient (Wildman–Crippen LogP) is 6.70. The maximum Gasteiger partial charge on any atom is 0.499 e. The van der Waals surface area contributed by atoms with Crippen molar-refractivity contribution in [3.05, 3.63) is 285 Å². The second kappa shape index (κ2) is 18.8. The van der Waals surface area contributed by atoms with Gasteiger partial charge in [0.2, 0.25) is 0 Å². The molecule has 0 N–H and O–H groups in total. The van der Waals surface area contributed by atoms with Crippen molar-refractivity contribution in [1.29, 1.82) is 0 Å². The van der Waals surface area contributed by atoms with Crippen LogP contribution in [0.1, 0.15) is 0 Å². The molecule has 9 rings (SSSR count). The topological polar surface area (TPSA) is 27.7 Å². The molecule has 0 atom stereocenters. The van der Waals surface area contributed by atoms with Crippen LogP contribution in [-0.2, 0) is 12.3 Å². The molecular weight excluding hydrogens is 833 g/mol. The lowest BCUT2D eigenvalue weighted by atomic mass is 10.3. The Morgan fingerprint density at radius 3 is 0.460 bits per heavy atom. The van der Waals surface area contributed by atoms with Crippen LogP contribution in [0.5, 0.6) is 0 Å². The van der Waals surface area contributed by atoms with E-state index < -0.39 is 33.8 Å². The van der Waals surface area contributed by atoms with Gasteiger partial charge in [-0.05, 0) is 52.4 Å². The Kier molecular flexibility index (Phi) is 12.5. The lowest BCUT2D eigenvalue weighted by Gasteiger charge is -2.48. The SMILES string of the molecule is C=C[Si](O[Si](c1ccccc1)(c1ccccc1)c1ccccc1)(O[Si](c1ccccc1)(c1ccccc1)c1ccccc1)O[Si](c1ccccc1)(c1ccccc1)c1ccccc1. The summed E-state index contributed by atoms with van der Waals surface area (Å²) < 4.78 is 25.7. The van der Waals surface area contributed by atoms with Gasteiger partial charge in [-0.2, -0.15) is 0 Å². The molecule has 0 amide bonds. The minimum absolute atomic E-state index is 1.08. The molecule has 0 saturated heterocycles. The van der Waals surface area contributed by atoms with Crippen LogP contribution < -0.4 is 46.7 Å². The predicted molar refractivity (Wildman–Crippen MR) is 271 cm³/mol. The maximum absolute atomic E-state index is 8.56. The zero-order valence-corrected chi connectivity index (χ0v) is 39.0. The van der Waals surface area contributed by atoms with E-state index in [1.165, 1.54) is 0 Å². The minimum atomic E-state index is -4.37. The molecule has 0 aliphatic carbocycles. The van der Waals surface area contributed by atoms with E-state index in [9.17, 15) is 0 Å². The van der Waals surface area contributed by atoms with Crippen LogP contribution in [0.25, 0.3) is 0 Å². The van der Waals surface area contributed by atoms with E-state index in [0.29, 0.717) is 0 Å². The molecule has 9 aromatic rings. The van der Waals surface area contributed by atoms with Gasteiger partial charge in [-0.3, -0.25) is 0 Å². The van der Waals surface area contributed by atoms with Gasteiger partial charge in [0.25, 0.3) is 25.0 Å². The summed E-state index contributed by atoms with van der Waals surface area (Å²) >= 11 is 0. The van der Waals surface area contributed by atoms with Crippen molar-refractivity contribution in [1.82, 2.24) is 0 Å². The van der Waals surface area contributed by atoms with Gasteiger partial charge in [0, 0.05) is 0 Å². The van der Waals surface area contributed by atoms with Gasteiger partial charge in [-0.1, -0.05) is 273 Å². The fourth-order valence-electron chi connectivity index (χ4n) is 8.91. The molecule has 0 bridgehead atoms. The van der Waals surface area contributed by atoms with Crippen LogP contribution in [-0.4, -0.2) is 33.8 Å². The Bertz CT molecular complexity index is 2210. The van der Waals surface area contributed by atoms with Crippen molar-refractivity contribution in [2.24, 2.45) is 0 Å². The molecule has 306 valence electrons. The van der Waals surface area contributed by atoms with Crippen LogP contribution in [0.4, 0.5) is 0 Å². The van der Waals surface area contributed by atoms with Gasteiger partial charge in [-0.25, -0.2) is 0 Å². The fourth-order valence-corrected chi connectivity index (χ4v) is 29.9. The molecule has 0 radical (unpaired) electrons. The molecular formula is C56H48O3Si4. The first-order chi connectivity index (χ1) is 31.1. The molecule has 0 heterocycles. The van der Waals surface area contributed by atoms with E-state index in [-0.39, 0.29) is 0 Å². The quantitative estimate of drug-likeness (QED) is 0.0800. The molecule has 9 aromatic carbocycles. The van der Waals surface area contributed by atoms with Gasteiger partial charge in [0.15, 0.2) is 0 Å². The van der Waals surface area contributed by atoms with Gasteiger partial charge >= 0.3 is 8.80 Å². The summed E-state index contributed by atoms with van der Waals surface area (Å²) in [6.07, 6.45) is 0. The van der Waals surface area contributed by atoms with Crippen LogP contribution in [0.15, 0.2) is 285 Å². The molecule has 63 heavy (non-hydrogen) atoms. The molecule has 0 aliphatic rings. The highest BCUT2D eigenvalue weighted by molar-refractivity contribution is 7.16. The highest BCUT2D eigenvalue weighted by Gasteiger charge is 2.61. The van der Waals surface area contributed by atoms with Crippen molar-refractivity contribution >= 4 is 80.4 Å². The summed E-state index contributed by atoms with van der Waals surface area (Å²) in [5.41, 5.74) is 1.94. The Balaban J connectivity index is 1.44. The first-order valence-electron chi connectivity index (χ1n) is 21.4. The van der Waals surface area contributed by atoms with E-state index in [1.807, 2.05) is 5.70 Å². The minimum Gasteiger partial charge on any atom is -0.401 e. The third-order valence-corrected chi connectivity index (χ3v) is 29.7. The summed E-state index contributed by atoms with van der Waals surface area (Å²) in [5.74, 6) is 0. The Morgan fingerprint density at radius 1 is 0.222 bits per heavy atom. The Labute approximate surface area is 376 Å². The normalized spacial score (nSPS) is 12.1. The van der Waals surface area contributed by atoms with Gasteiger partial charge in [0.05, 0.1) is 0 Å². The van der Waals surface area contributed by atoms with Crippen LogP contribution >= 0.6 is 0 Å². The third kappa shape index (κ3) is 8.04. The zero-order valence-electron chi connectivity index (χ0n) is 35.0. The zero-order chi connectivity index (χ0) is 42.8. The van der Waals surface area contributed by atoms with Crippen molar-refractivity contribution in [2.45, 2.75) is 0 Å². The summed E-state index contributed by atoms with van der Waals surface area (Å²) in [5, 5.41) is 9.68. The van der Waals surface area contributed by atoms with Crippen LogP contribution in [0.3, 0.4) is 0 Å². The average Bonchev–Trinajstić information content (AvgIpc) is 3.39. The molecule has 3 nitrogen and oxygen atoms in total. The highest BCUT2D eigenvalue weighted by atomic mass is 28.5. The monoisotopic (exact) mass is 880 g/mol. The number of hydrogen-bond donors (Lipinski definition) is 0. The largest absolute Gasteiger partial charge is 0.499 e. The Hall–Kier alpha value is -6.53. The van der Waals surface area contributed by atoms with Crippen LogP contribution in [0.2, 0.25) is 0 Å². The number of rotatable bonds is 16.